The summed E-state index contributed by atoms with van der Waals surface area (Å²) in [6.07, 6.45) is 4.19. The number of hydrogen-bond donors (Lipinski definition) is 1. The highest BCUT2D eigenvalue weighted by atomic mass is 16.5. The van der Waals surface area contributed by atoms with Crippen LogP contribution in [0.3, 0.4) is 0 Å². The monoisotopic (exact) mass is 185 g/mol. The van der Waals surface area contributed by atoms with E-state index in [1.807, 2.05) is 6.92 Å². The van der Waals surface area contributed by atoms with E-state index >= 15 is 0 Å². The fourth-order valence-corrected chi connectivity index (χ4v) is 1.65. The van der Waals surface area contributed by atoms with E-state index < -0.39 is 0 Å². The van der Waals surface area contributed by atoms with Crippen LogP contribution in [-0.4, -0.2) is 25.7 Å². The van der Waals surface area contributed by atoms with Crippen LogP contribution in [0.25, 0.3) is 0 Å². The lowest BCUT2D eigenvalue weighted by molar-refractivity contribution is -0.125. The van der Waals surface area contributed by atoms with Crippen LogP contribution in [0.15, 0.2) is 0 Å². The molecular formula is C10H19NO2. The van der Waals surface area contributed by atoms with Crippen molar-refractivity contribution in [3.8, 4) is 0 Å². The molecule has 0 saturated carbocycles. The molecule has 1 saturated heterocycles. The third-order valence-corrected chi connectivity index (χ3v) is 2.46. The number of ether oxygens (including phenoxy) is 1. The molecule has 0 radical (unpaired) electrons. The molecule has 1 amide bonds. The fourth-order valence-electron chi connectivity index (χ4n) is 1.65. The van der Waals surface area contributed by atoms with Gasteiger partial charge in [-0.05, 0) is 26.2 Å². The summed E-state index contributed by atoms with van der Waals surface area (Å²) >= 11 is 0. The predicted octanol–water partition coefficient (Wildman–Crippen LogP) is 1.33. The lowest BCUT2D eigenvalue weighted by Crippen LogP contribution is -2.29. The van der Waals surface area contributed by atoms with E-state index in [2.05, 4.69) is 5.32 Å². The van der Waals surface area contributed by atoms with Gasteiger partial charge in [0.05, 0.1) is 0 Å². The minimum Gasteiger partial charge on any atom is -0.382 e. The Kier molecular flexibility index (Phi) is 4.83. The zero-order valence-electron chi connectivity index (χ0n) is 8.34. The van der Waals surface area contributed by atoms with Gasteiger partial charge in [-0.15, -0.1) is 0 Å². The van der Waals surface area contributed by atoms with E-state index in [9.17, 15) is 4.79 Å². The molecule has 0 aromatic carbocycles. The molecular weight excluding hydrogens is 166 g/mol. The summed E-state index contributed by atoms with van der Waals surface area (Å²) < 4.78 is 5.25. The average molecular weight is 185 g/mol. The summed E-state index contributed by atoms with van der Waals surface area (Å²) in [4.78, 5) is 11.4. The Labute approximate surface area is 79.8 Å². The zero-order chi connectivity index (χ0) is 9.52. The van der Waals surface area contributed by atoms with Crippen LogP contribution in [0.2, 0.25) is 0 Å². The smallest absolute Gasteiger partial charge is 0.223 e. The summed E-state index contributed by atoms with van der Waals surface area (Å²) in [6, 6.07) is 0. The quantitative estimate of drug-likeness (QED) is 0.671. The van der Waals surface area contributed by atoms with Crippen molar-refractivity contribution >= 4 is 5.91 Å². The lowest BCUT2D eigenvalue weighted by Gasteiger charge is -2.12. The van der Waals surface area contributed by atoms with E-state index in [4.69, 9.17) is 4.74 Å². The number of carbonyl (C=O) groups excluding carboxylic acids is 1. The molecule has 0 aromatic rings. The maximum atomic E-state index is 11.4. The molecule has 1 unspecified atom stereocenters. The highest BCUT2D eigenvalue weighted by molar-refractivity contribution is 5.78. The Balaban J connectivity index is 2.24. The number of amides is 1. The number of rotatable bonds is 4. The number of hydrogen-bond acceptors (Lipinski definition) is 2. The van der Waals surface area contributed by atoms with Gasteiger partial charge in [0.2, 0.25) is 5.91 Å². The minimum atomic E-state index is 0.189. The van der Waals surface area contributed by atoms with Gasteiger partial charge in [-0.3, -0.25) is 4.79 Å². The highest BCUT2D eigenvalue weighted by Crippen LogP contribution is 2.15. The fraction of sp³-hybridized carbons (Fsp3) is 0.900. The van der Waals surface area contributed by atoms with Crippen molar-refractivity contribution in [1.29, 1.82) is 0 Å². The van der Waals surface area contributed by atoms with Crippen molar-refractivity contribution < 1.29 is 9.53 Å². The summed E-state index contributed by atoms with van der Waals surface area (Å²) in [5.74, 6) is 0.409. The first kappa shape index (κ1) is 10.5. The molecule has 13 heavy (non-hydrogen) atoms. The van der Waals surface area contributed by atoms with Gasteiger partial charge >= 0.3 is 0 Å². The SMILES string of the molecule is CCOCCC1CCCCNC1=O. The molecule has 1 heterocycles. The molecule has 1 N–H and O–H groups in total. The van der Waals surface area contributed by atoms with E-state index in [-0.39, 0.29) is 11.8 Å². The van der Waals surface area contributed by atoms with Crippen molar-refractivity contribution in [1.82, 2.24) is 5.32 Å². The van der Waals surface area contributed by atoms with Crippen LogP contribution in [-0.2, 0) is 9.53 Å². The molecule has 1 fully saturated rings. The van der Waals surface area contributed by atoms with Crippen LogP contribution in [0.4, 0.5) is 0 Å². The van der Waals surface area contributed by atoms with Gasteiger partial charge in [0.15, 0.2) is 0 Å². The summed E-state index contributed by atoms with van der Waals surface area (Å²) in [6.45, 7) is 4.29. The van der Waals surface area contributed by atoms with Crippen molar-refractivity contribution in [2.24, 2.45) is 5.92 Å². The standard InChI is InChI=1S/C10H19NO2/c1-2-13-8-6-9-5-3-4-7-11-10(9)12/h9H,2-8H2,1H3,(H,11,12). The summed E-state index contributed by atoms with van der Waals surface area (Å²) in [5, 5.41) is 2.93. The Bertz CT molecular complexity index is 159. The molecule has 0 spiro atoms. The Morgan fingerprint density at radius 2 is 2.38 bits per heavy atom. The Hall–Kier alpha value is -0.570. The molecule has 3 nitrogen and oxygen atoms in total. The topological polar surface area (TPSA) is 38.3 Å². The van der Waals surface area contributed by atoms with Crippen LogP contribution in [0.5, 0.6) is 0 Å². The highest BCUT2D eigenvalue weighted by Gasteiger charge is 2.19. The molecule has 1 atom stereocenters. The van der Waals surface area contributed by atoms with Crippen molar-refractivity contribution in [3.63, 3.8) is 0 Å². The second-order valence-electron chi connectivity index (χ2n) is 3.47. The van der Waals surface area contributed by atoms with E-state index in [1.54, 1.807) is 0 Å². The van der Waals surface area contributed by atoms with E-state index in [0.717, 1.165) is 38.8 Å². The molecule has 76 valence electrons. The largest absolute Gasteiger partial charge is 0.382 e. The molecule has 3 heteroatoms. The first-order chi connectivity index (χ1) is 6.34. The van der Waals surface area contributed by atoms with Crippen molar-refractivity contribution in [3.05, 3.63) is 0 Å². The maximum absolute atomic E-state index is 11.4. The molecule has 0 aliphatic carbocycles. The van der Waals surface area contributed by atoms with Crippen LogP contribution < -0.4 is 5.32 Å². The molecule has 0 bridgehead atoms. The van der Waals surface area contributed by atoms with Crippen LogP contribution >= 0.6 is 0 Å². The van der Waals surface area contributed by atoms with Crippen LogP contribution in [0.1, 0.15) is 32.6 Å². The first-order valence-electron chi connectivity index (χ1n) is 5.20. The Morgan fingerprint density at radius 1 is 1.54 bits per heavy atom. The van der Waals surface area contributed by atoms with E-state index in [1.165, 1.54) is 0 Å². The average Bonchev–Trinajstić information content (AvgIpc) is 2.32. The summed E-state index contributed by atoms with van der Waals surface area (Å²) in [7, 11) is 0. The second kappa shape index (κ2) is 5.97. The van der Waals surface area contributed by atoms with Crippen molar-refractivity contribution in [2.45, 2.75) is 32.6 Å². The van der Waals surface area contributed by atoms with Gasteiger partial charge in [0.1, 0.15) is 0 Å². The van der Waals surface area contributed by atoms with Gasteiger partial charge in [-0.2, -0.15) is 0 Å². The first-order valence-corrected chi connectivity index (χ1v) is 5.20. The van der Waals surface area contributed by atoms with Gasteiger partial charge in [0.25, 0.3) is 0 Å². The minimum absolute atomic E-state index is 0.189. The number of nitrogens with one attached hydrogen (secondary N) is 1. The normalized spacial score (nSPS) is 23.8. The Morgan fingerprint density at radius 3 is 3.15 bits per heavy atom. The lowest BCUT2D eigenvalue weighted by atomic mass is 9.99. The predicted molar refractivity (Wildman–Crippen MR) is 51.5 cm³/mol. The second-order valence-corrected chi connectivity index (χ2v) is 3.47. The van der Waals surface area contributed by atoms with Crippen molar-refractivity contribution in [2.75, 3.05) is 19.8 Å². The van der Waals surface area contributed by atoms with Crippen LogP contribution in [0, 0.1) is 5.92 Å². The molecule has 1 aliphatic heterocycles. The zero-order valence-corrected chi connectivity index (χ0v) is 8.34. The third-order valence-electron chi connectivity index (χ3n) is 2.46. The summed E-state index contributed by atoms with van der Waals surface area (Å²) in [5.41, 5.74) is 0. The molecule has 0 aromatic heterocycles. The van der Waals surface area contributed by atoms with Gasteiger partial charge in [0, 0.05) is 25.7 Å². The molecule has 1 rings (SSSR count). The van der Waals surface area contributed by atoms with Gasteiger partial charge < -0.3 is 10.1 Å². The van der Waals surface area contributed by atoms with Gasteiger partial charge in [-0.1, -0.05) is 6.42 Å². The van der Waals surface area contributed by atoms with E-state index in [0.29, 0.717) is 6.61 Å². The van der Waals surface area contributed by atoms with Gasteiger partial charge in [-0.25, -0.2) is 0 Å². The number of carbonyl (C=O) groups is 1. The molecule has 1 aliphatic rings. The maximum Gasteiger partial charge on any atom is 0.223 e. The third kappa shape index (κ3) is 3.77.